The second-order valence-electron chi connectivity index (χ2n) is 13.6. The Labute approximate surface area is 297 Å². The average molecular weight is 708 g/mol. The maximum atomic E-state index is 15.3. The first-order valence-corrected chi connectivity index (χ1v) is 17.2. The van der Waals surface area contributed by atoms with Crippen LogP contribution in [0.2, 0.25) is 5.02 Å². The van der Waals surface area contributed by atoms with Crippen molar-refractivity contribution in [2.45, 2.75) is 37.5 Å². The Hall–Kier alpha value is -5.35. The molecule has 258 valence electrons. The fraction of sp³-hybridized carbons (Fsp3) is 0.250. The standard InChI is InChI=1S/C40H32ClF2N3O5/c1-2-21-3-14-27(15-4-21)45-36(48)29-17-16-28-30(34(29)38(45)50)20-31-37(49)46(44-26-12-10-25(42)11-13-26)39(51)40(31,23-6-8-24(41)9-7-23)35(28)22-5-18-33(47)32(43)19-22/h3-16,18-19,29-31,34-35,44,47H,2,17,20H2,1H3/t29-,30+,31-,34-,35-,40+/m0/s1. The number of nitrogens with one attached hydrogen (secondary N) is 1. The van der Waals surface area contributed by atoms with Crippen LogP contribution in [0.5, 0.6) is 5.75 Å². The fourth-order valence-electron chi connectivity index (χ4n) is 8.87. The van der Waals surface area contributed by atoms with Crippen LogP contribution in [-0.4, -0.2) is 33.7 Å². The Morgan fingerprint density at radius 1 is 0.863 bits per heavy atom. The second kappa shape index (κ2) is 12.2. The number of aryl methyl sites for hydroxylation is 1. The van der Waals surface area contributed by atoms with Crippen LogP contribution >= 0.6 is 11.6 Å². The lowest BCUT2D eigenvalue weighted by molar-refractivity contribution is -0.138. The van der Waals surface area contributed by atoms with Crippen molar-refractivity contribution in [1.29, 1.82) is 0 Å². The van der Waals surface area contributed by atoms with Crippen LogP contribution in [0.15, 0.2) is 103 Å². The zero-order valence-electron chi connectivity index (χ0n) is 27.4. The number of hydrogen-bond donors (Lipinski definition) is 2. The minimum absolute atomic E-state index is 0.0422. The van der Waals surface area contributed by atoms with E-state index in [0.29, 0.717) is 27.4 Å². The van der Waals surface area contributed by atoms with Crippen molar-refractivity contribution in [1.82, 2.24) is 5.01 Å². The predicted octanol–water partition coefficient (Wildman–Crippen LogP) is 7.08. The van der Waals surface area contributed by atoms with E-state index in [1.165, 1.54) is 41.3 Å². The molecule has 0 aromatic heterocycles. The number of nitrogens with zero attached hydrogens (tertiary/aromatic N) is 2. The molecule has 2 heterocycles. The first-order chi connectivity index (χ1) is 24.5. The molecular weight excluding hydrogens is 676 g/mol. The van der Waals surface area contributed by atoms with Gasteiger partial charge in [-0.25, -0.2) is 8.78 Å². The highest BCUT2D eigenvalue weighted by Gasteiger charge is 2.70. The fourth-order valence-corrected chi connectivity index (χ4v) is 8.99. The first kappa shape index (κ1) is 32.8. The van der Waals surface area contributed by atoms with E-state index in [9.17, 15) is 23.9 Å². The molecule has 6 atom stereocenters. The number of fused-ring (bicyclic) bond motifs is 4. The van der Waals surface area contributed by atoms with Gasteiger partial charge in [0.2, 0.25) is 11.8 Å². The zero-order valence-corrected chi connectivity index (χ0v) is 28.1. The van der Waals surface area contributed by atoms with E-state index in [2.05, 4.69) is 5.43 Å². The van der Waals surface area contributed by atoms with Gasteiger partial charge in [-0.3, -0.25) is 29.5 Å². The number of phenols is 1. The molecule has 4 aromatic rings. The smallest absolute Gasteiger partial charge is 0.260 e. The highest BCUT2D eigenvalue weighted by molar-refractivity contribution is 6.30. The summed E-state index contributed by atoms with van der Waals surface area (Å²) in [5.74, 6) is -8.21. The van der Waals surface area contributed by atoms with E-state index < -0.39 is 70.1 Å². The van der Waals surface area contributed by atoms with Crippen molar-refractivity contribution in [3.8, 4) is 5.75 Å². The minimum atomic E-state index is -1.66. The van der Waals surface area contributed by atoms with Gasteiger partial charge >= 0.3 is 0 Å². The lowest BCUT2D eigenvalue weighted by atomic mass is 9.49. The van der Waals surface area contributed by atoms with Gasteiger partial charge in [-0.2, -0.15) is 5.01 Å². The Balaban J connectivity index is 1.31. The van der Waals surface area contributed by atoms with Gasteiger partial charge in [0.25, 0.3) is 11.8 Å². The molecule has 3 fully saturated rings. The van der Waals surface area contributed by atoms with Crippen molar-refractivity contribution in [2.75, 3.05) is 10.3 Å². The molecule has 11 heteroatoms. The number of hydrogen-bond acceptors (Lipinski definition) is 6. The molecule has 4 aliphatic rings. The van der Waals surface area contributed by atoms with Crippen LogP contribution in [0.1, 0.15) is 42.4 Å². The van der Waals surface area contributed by atoms with Crippen LogP contribution in [0, 0.1) is 35.3 Å². The van der Waals surface area contributed by atoms with Gasteiger partial charge < -0.3 is 5.11 Å². The third kappa shape index (κ3) is 4.91. The summed E-state index contributed by atoms with van der Waals surface area (Å²) in [6, 6.07) is 22.9. The zero-order chi connectivity index (χ0) is 35.8. The van der Waals surface area contributed by atoms with Crippen molar-refractivity contribution in [3.63, 3.8) is 0 Å². The van der Waals surface area contributed by atoms with E-state index in [-0.39, 0.29) is 24.4 Å². The third-order valence-corrected chi connectivity index (χ3v) is 11.4. The molecule has 0 unspecified atom stereocenters. The number of rotatable bonds is 6. The van der Waals surface area contributed by atoms with Crippen molar-refractivity contribution in [3.05, 3.63) is 136 Å². The van der Waals surface area contributed by atoms with Crippen LogP contribution in [-0.2, 0) is 31.0 Å². The Morgan fingerprint density at radius 2 is 1.57 bits per heavy atom. The van der Waals surface area contributed by atoms with Gasteiger partial charge in [0.15, 0.2) is 11.6 Å². The van der Waals surface area contributed by atoms with E-state index in [1.54, 1.807) is 36.4 Å². The molecule has 2 N–H and O–H groups in total. The molecule has 1 saturated carbocycles. The lowest BCUT2D eigenvalue weighted by Crippen LogP contribution is -2.53. The number of anilines is 2. The summed E-state index contributed by atoms with van der Waals surface area (Å²) < 4.78 is 29.1. The maximum Gasteiger partial charge on any atom is 0.260 e. The van der Waals surface area contributed by atoms with Crippen LogP contribution in [0.4, 0.5) is 20.2 Å². The quantitative estimate of drug-likeness (QED) is 0.164. The number of allylic oxidation sites excluding steroid dienone is 2. The SMILES string of the molecule is CCc1ccc(N2C(=O)[C@H]3[C@H](CC=C4[C@H]3C[C@H]3C(=O)N(Nc5ccc(F)cc5)C(=O)[C@@]3(c3ccc(Cl)cc3)[C@H]4c3ccc(O)c(F)c3)C2=O)cc1. The van der Waals surface area contributed by atoms with Crippen LogP contribution < -0.4 is 10.3 Å². The van der Waals surface area contributed by atoms with Crippen molar-refractivity contribution < 1.29 is 33.1 Å². The summed E-state index contributed by atoms with van der Waals surface area (Å²) in [6.07, 6.45) is 2.90. The number of aromatic hydroxyl groups is 1. The number of phenolic OH excluding ortho intramolecular Hbond substituents is 1. The van der Waals surface area contributed by atoms with E-state index in [0.717, 1.165) is 23.1 Å². The molecule has 8 nitrogen and oxygen atoms in total. The molecule has 2 saturated heterocycles. The maximum absolute atomic E-state index is 15.3. The van der Waals surface area contributed by atoms with E-state index in [1.807, 2.05) is 25.1 Å². The van der Waals surface area contributed by atoms with E-state index >= 15 is 9.18 Å². The summed E-state index contributed by atoms with van der Waals surface area (Å²) in [7, 11) is 0. The topological polar surface area (TPSA) is 107 Å². The molecule has 51 heavy (non-hydrogen) atoms. The van der Waals surface area contributed by atoms with Crippen molar-refractivity contribution >= 4 is 46.6 Å². The molecule has 4 aromatic carbocycles. The van der Waals surface area contributed by atoms with Gasteiger partial charge in [-0.15, -0.1) is 0 Å². The predicted molar refractivity (Wildman–Crippen MR) is 185 cm³/mol. The number of carbonyl (C=O) groups excluding carboxylic acids is 4. The molecule has 0 bridgehead atoms. The normalized spacial score (nSPS) is 26.9. The minimum Gasteiger partial charge on any atom is -0.505 e. The average Bonchev–Trinajstić information content (AvgIpc) is 3.51. The Bertz CT molecular complexity index is 2140. The second-order valence-corrected chi connectivity index (χ2v) is 14.1. The summed E-state index contributed by atoms with van der Waals surface area (Å²) in [6.45, 7) is 2.01. The largest absolute Gasteiger partial charge is 0.505 e. The van der Waals surface area contributed by atoms with Gasteiger partial charge in [-0.1, -0.05) is 60.5 Å². The molecule has 2 aliphatic heterocycles. The molecule has 4 amide bonds. The summed E-state index contributed by atoms with van der Waals surface area (Å²) in [5.41, 5.74) is 4.43. The first-order valence-electron chi connectivity index (χ1n) is 16.9. The molecule has 8 rings (SSSR count). The van der Waals surface area contributed by atoms with Crippen LogP contribution in [0.25, 0.3) is 0 Å². The highest BCUT2D eigenvalue weighted by Crippen LogP contribution is 2.64. The molecule has 0 radical (unpaired) electrons. The van der Waals surface area contributed by atoms with Crippen LogP contribution in [0.3, 0.4) is 0 Å². The number of imide groups is 2. The number of halogens is 3. The van der Waals surface area contributed by atoms with Gasteiger partial charge in [0, 0.05) is 10.9 Å². The lowest BCUT2D eigenvalue weighted by Gasteiger charge is -2.50. The molecule has 2 aliphatic carbocycles. The monoisotopic (exact) mass is 707 g/mol. The summed E-state index contributed by atoms with van der Waals surface area (Å²) >= 11 is 6.31. The number of hydrazine groups is 1. The molecular formula is C40H32ClF2N3O5. The number of carbonyl (C=O) groups is 4. The third-order valence-electron chi connectivity index (χ3n) is 11.2. The van der Waals surface area contributed by atoms with Gasteiger partial charge in [0.05, 0.1) is 34.5 Å². The highest BCUT2D eigenvalue weighted by atomic mass is 35.5. The Morgan fingerprint density at radius 3 is 2.24 bits per heavy atom. The van der Waals surface area contributed by atoms with Crippen molar-refractivity contribution in [2.24, 2.45) is 23.7 Å². The summed E-state index contributed by atoms with van der Waals surface area (Å²) in [5, 5.41) is 11.5. The summed E-state index contributed by atoms with van der Waals surface area (Å²) in [4.78, 5) is 59.4. The van der Waals surface area contributed by atoms with Gasteiger partial charge in [-0.05, 0) is 103 Å². The Kier molecular flexibility index (Phi) is 7.83. The van der Waals surface area contributed by atoms with E-state index in [4.69, 9.17) is 11.6 Å². The number of benzene rings is 4. The van der Waals surface area contributed by atoms with Gasteiger partial charge in [0.1, 0.15) is 5.82 Å². The molecule has 0 spiro atoms. The number of amides is 4.